The second kappa shape index (κ2) is 25.4. The zero-order valence-electron chi connectivity index (χ0n) is 59.2. The Morgan fingerprint density at radius 1 is 0.280 bits per heavy atom. The molecule has 82 heavy (non-hydrogen) atoms. The molecule has 0 nitrogen and oxygen atoms in total. The fourth-order valence-electron chi connectivity index (χ4n) is 17.6. The van der Waals surface area contributed by atoms with Crippen LogP contribution in [-0.2, 0) is 0 Å². The largest absolute Gasteiger partial charge is 0.139 e. The minimum atomic E-state index is 0.329. The summed E-state index contributed by atoms with van der Waals surface area (Å²) in [6.45, 7) is 38.6. The van der Waals surface area contributed by atoms with Crippen LogP contribution in [0.5, 0.6) is 0 Å². The number of hydrogen-bond donors (Lipinski definition) is 0. The zero-order chi connectivity index (χ0) is 61.8. The minimum absolute atomic E-state index is 0.329. The Labute approximate surface area is 525 Å². The second-order valence-electron chi connectivity index (χ2n) is 29.2. The first kappa shape index (κ1) is 67.2. The Kier molecular flexibility index (Phi) is 20.9. The molecule has 0 aromatic heterocycles. The van der Waals surface area contributed by atoms with E-state index in [1.54, 1.807) is 54.6 Å². The summed E-state index contributed by atoms with van der Waals surface area (Å²) in [5.41, 5.74) is 39.2. The van der Waals surface area contributed by atoms with Crippen molar-refractivity contribution in [1.29, 1.82) is 0 Å². The van der Waals surface area contributed by atoms with Gasteiger partial charge in [-0.25, -0.2) is 0 Å². The Balaban J connectivity index is 1.95. The highest BCUT2D eigenvalue weighted by atomic mass is 14.3. The number of aryl methyl sites for hydroxylation is 7. The predicted octanol–water partition coefficient (Wildman–Crippen LogP) is -14.8. The van der Waals surface area contributed by atoms with Gasteiger partial charge in [0.15, 0.2) is 0 Å². The summed E-state index contributed by atoms with van der Waals surface area (Å²) in [5, 5.41) is 12.1. The van der Waals surface area contributed by atoms with E-state index in [0.29, 0.717) is 70.8 Å². The van der Waals surface area contributed by atoms with Crippen molar-refractivity contribution in [3.63, 3.8) is 0 Å². The van der Waals surface area contributed by atoms with Gasteiger partial charge in [0.2, 0.25) is 0 Å². The van der Waals surface area contributed by atoms with Gasteiger partial charge < -0.3 is 0 Å². The molecule has 0 N–H and O–H groups in total. The lowest BCUT2D eigenvalue weighted by molar-refractivity contribution is 1.22. The highest BCUT2D eigenvalue weighted by molar-refractivity contribution is 7.89. The van der Waals surface area contributed by atoms with Crippen LogP contribution in [0.3, 0.4) is 0 Å². The van der Waals surface area contributed by atoms with E-state index in [-0.39, 0.29) is 0 Å². The van der Waals surface area contributed by atoms with Crippen LogP contribution in [0.15, 0.2) is 0 Å². The molecule has 7 rings (SSSR count). The lowest BCUT2D eigenvalue weighted by atomic mass is 8.66. The maximum absolute atomic E-state index is 2.64. The number of hydrogen-bond acceptors (Lipinski definition) is 0. The Hall–Kier alpha value is -2.28. The highest BCUT2D eigenvalue weighted by Crippen LogP contribution is 2.51. The molecule has 0 bridgehead atoms. The molecular weight excluding hydrogens is 945 g/mol. The van der Waals surface area contributed by atoms with Gasteiger partial charge >= 0.3 is 0 Å². The van der Waals surface area contributed by atoms with Crippen molar-refractivity contribution in [2.75, 3.05) is 0 Å². The van der Waals surface area contributed by atoms with Crippen LogP contribution in [0, 0.1) is 104 Å². The number of benzene rings is 7. The monoisotopic (exact) mass is 1040 g/mol. The van der Waals surface area contributed by atoms with Crippen molar-refractivity contribution >= 4 is 320 Å². The molecule has 0 amide bonds. The van der Waals surface area contributed by atoms with Crippen LogP contribution >= 0.6 is 0 Å². The van der Waals surface area contributed by atoms with E-state index in [9.17, 15) is 0 Å². The Morgan fingerprint density at radius 3 is 0.988 bits per heavy atom. The fourth-order valence-corrected chi connectivity index (χ4v) is 17.6. The van der Waals surface area contributed by atoms with E-state index < -0.39 is 0 Å². The Morgan fingerprint density at radius 2 is 0.646 bits per heavy atom. The van der Waals surface area contributed by atoms with E-state index in [1.807, 2.05) is 0 Å². The van der Waals surface area contributed by atoms with E-state index >= 15 is 0 Å². The van der Waals surface area contributed by atoms with E-state index in [1.165, 1.54) is 140 Å². The summed E-state index contributed by atoms with van der Waals surface area (Å²) in [5.74, 6) is 0. The molecule has 0 saturated heterocycles. The van der Waals surface area contributed by atoms with Crippen molar-refractivity contribution in [3.05, 3.63) is 83.5 Å². The summed E-state index contributed by atoms with van der Waals surface area (Å²) < 4.78 is 0. The van der Waals surface area contributed by atoms with E-state index in [2.05, 4.69) is 243 Å². The van der Waals surface area contributed by atoms with Gasteiger partial charge in [-0.1, -0.05) is 27.3 Å². The molecule has 0 fully saturated rings. The molecule has 0 spiro atoms. The van der Waals surface area contributed by atoms with Gasteiger partial charge in [0, 0.05) is 45.4 Å². The quantitative estimate of drug-likeness (QED) is 0.0630. The molecule has 0 atom stereocenters. The van der Waals surface area contributed by atoms with E-state index in [0.717, 1.165) is 21.3 Å². The van der Waals surface area contributed by atoms with Crippen molar-refractivity contribution in [1.82, 2.24) is 0 Å². The molecule has 0 heterocycles. The number of fused-ring (bicyclic) bond motifs is 4. The maximum Gasteiger partial charge on any atom is 0.139 e. The van der Waals surface area contributed by atoms with Crippen LogP contribution in [-0.4, -0.2) is 239 Å². The molecule has 380 valence electrons. The Bertz CT molecular complexity index is 3720. The van der Waals surface area contributed by atoms with E-state index in [4.69, 9.17) is 0 Å². The van der Waals surface area contributed by atoms with Crippen LogP contribution in [0.25, 0.3) is 65.3 Å². The van der Waals surface area contributed by atoms with Crippen molar-refractivity contribution < 1.29 is 0 Å². The topological polar surface area (TPSA) is 0 Å². The smallest absolute Gasteiger partial charge is 0.113 e. The standard InChI is InChI=1S/C49H85B33/c1-16-17(2)25(10)34-31(21(16)6)22(7)18(3)26(11)35(34)36-27(12)19(4)23(8)32-30(15)39-33(29(14)38(32)36)24(9)20(5)28(13)37(39)41-44(68-51)43(50)40-42(45(41)72(55)69-52)46(73(56)77(57)58)48(74(70-53)78(59)60)49(75(79(61)62)80(63)64)47(40)76(81(65)66)82(67)71-54/h68-71H,50-67H2,1-15H3. The molecule has 0 radical (unpaired) electrons. The molecule has 0 aliphatic carbocycles. The summed E-state index contributed by atoms with van der Waals surface area (Å²) in [6, 6.07) is 0. The minimum Gasteiger partial charge on any atom is -0.113 e. The van der Waals surface area contributed by atoms with Gasteiger partial charge in [0.1, 0.15) is 15.0 Å². The third kappa shape index (κ3) is 10.4. The molecule has 33 heteroatoms. The molecule has 7 aromatic rings. The van der Waals surface area contributed by atoms with Gasteiger partial charge in [-0.15, -0.1) is 10.9 Å². The van der Waals surface area contributed by atoms with Gasteiger partial charge in [0.05, 0.1) is 178 Å². The molecule has 7 aromatic carbocycles. The molecule has 0 aliphatic rings. The summed E-state index contributed by atoms with van der Waals surface area (Å²) in [6.07, 6.45) is 3.02. The second-order valence-corrected chi connectivity index (χ2v) is 29.2. The van der Waals surface area contributed by atoms with Crippen molar-refractivity contribution in [2.24, 2.45) is 0 Å². The molecular formula is C49H85B33. The molecule has 0 aliphatic heterocycles. The van der Waals surface area contributed by atoms with Gasteiger partial charge in [-0.05, 0) is 253 Å². The first-order chi connectivity index (χ1) is 38.2. The summed E-state index contributed by atoms with van der Waals surface area (Å²) in [7, 11) is 50.4. The number of rotatable bonds is 17. The van der Waals surface area contributed by atoms with Crippen LogP contribution in [0.4, 0.5) is 0 Å². The fraction of sp³-hybridized carbons (Fsp3) is 0.306. The third-order valence-corrected chi connectivity index (χ3v) is 23.5. The van der Waals surface area contributed by atoms with Crippen LogP contribution in [0.2, 0.25) is 0 Å². The van der Waals surface area contributed by atoms with Crippen LogP contribution in [0.1, 0.15) is 83.5 Å². The molecule has 0 unspecified atom stereocenters. The summed E-state index contributed by atoms with van der Waals surface area (Å²) in [4.78, 5) is 0. The lowest BCUT2D eigenvalue weighted by Gasteiger charge is -2.42. The normalized spacial score (nSPS) is 11.3. The van der Waals surface area contributed by atoms with Crippen molar-refractivity contribution in [2.45, 2.75) is 104 Å². The van der Waals surface area contributed by atoms with Gasteiger partial charge in [-0.2, -0.15) is 0 Å². The SMILES string of the molecule is BBB(B)B(B(B)B)c1c(B(B(B)B)B(B)B)c(B(BB)B(B)B)c(B(B)B(B)B)c2c(B(B)BB)c(-c3c(C)c(C)c(C)c4c(C)c5c(-c6c(C)c(C)c(C)c7c(C)c(C)c(C)c(C)c67)c(C)c(C)c(C)c5c(C)c34)c(BB)c(B)c12. The predicted molar refractivity (Wildman–Crippen MR) is 462 cm³/mol. The van der Waals surface area contributed by atoms with Gasteiger partial charge in [-0.3, -0.25) is 0 Å². The maximum atomic E-state index is 2.64. The average Bonchev–Trinajstić information content (AvgIpc) is 1.33. The first-order valence-electron chi connectivity index (χ1n) is 33.4. The average molecular weight is 1030 g/mol. The van der Waals surface area contributed by atoms with Gasteiger partial charge in [0.25, 0.3) is 0 Å². The first-order valence-corrected chi connectivity index (χ1v) is 33.4. The highest BCUT2D eigenvalue weighted by Gasteiger charge is 2.43. The zero-order valence-corrected chi connectivity index (χ0v) is 59.2. The summed E-state index contributed by atoms with van der Waals surface area (Å²) >= 11 is 0. The molecule has 0 saturated carbocycles. The third-order valence-electron chi connectivity index (χ3n) is 23.5. The van der Waals surface area contributed by atoms with Crippen LogP contribution < -0.4 is 38.2 Å². The van der Waals surface area contributed by atoms with Crippen molar-refractivity contribution in [3.8, 4) is 22.3 Å². The lowest BCUT2D eigenvalue weighted by Crippen LogP contribution is -2.80.